The first-order chi connectivity index (χ1) is 8.20. The Bertz CT molecular complexity index is 457. The Labute approximate surface area is 99.8 Å². The van der Waals surface area contributed by atoms with Crippen LogP contribution in [0.25, 0.3) is 5.57 Å². The zero-order valence-corrected chi connectivity index (χ0v) is 9.51. The van der Waals surface area contributed by atoms with E-state index in [-0.39, 0.29) is 12.2 Å². The highest BCUT2D eigenvalue weighted by molar-refractivity contribution is 5.98. The van der Waals surface area contributed by atoms with Crippen molar-refractivity contribution < 1.29 is 14.6 Å². The summed E-state index contributed by atoms with van der Waals surface area (Å²) in [6, 6.07) is 10.3. The Balaban J connectivity index is 3.00. The number of nitrogens with zero attached hydrogens (tertiary/aromatic N) is 1. The third-order valence-electron chi connectivity index (χ3n) is 2.04. The van der Waals surface area contributed by atoms with E-state index in [0.29, 0.717) is 12.0 Å². The van der Waals surface area contributed by atoms with Crippen LogP contribution in [0.15, 0.2) is 36.1 Å². The monoisotopic (exact) mass is 231 g/mol. The van der Waals surface area contributed by atoms with Crippen LogP contribution in [0.4, 0.5) is 0 Å². The number of carbonyl (C=O) groups excluding carboxylic acids is 1. The molecule has 1 rings (SSSR count). The number of aliphatic hydroxyl groups excluding tert-OH is 1. The van der Waals surface area contributed by atoms with Gasteiger partial charge in [-0.05, 0) is 12.0 Å². The van der Waals surface area contributed by atoms with Gasteiger partial charge in [-0.2, -0.15) is 5.26 Å². The van der Waals surface area contributed by atoms with Gasteiger partial charge in [-0.25, -0.2) is 4.79 Å². The maximum absolute atomic E-state index is 11.4. The molecule has 0 aliphatic carbocycles. The van der Waals surface area contributed by atoms with Gasteiger partial charge in [-0.15, -0.1) is 0 Å². The average molecular weight is 231 g/mol. The fourth-order valence-corrected chi connectivity index (χ4v) is 1.22. The summed E-state index contributed by atoms with van der Waals surface area (Å²) in [4.78, 5) is 11.4. The molecule has 0 saturated heterocycles. The van der Waals surface area contributed by atoms with Crippen LogP contribution in [0.3, 0.4) is 0 Å². The molecule has 0 unspecified atom stereocenters. The first-order valence-electron chi connectivity index (χ1n) is 5.26. The van der Waals surface area contributed by atoms with Gasteiger partial charge in [0.15, 0.2) is 0 Å². The number of hydrogen-bond donors (Lipinski definition) is 1. The number of benzene rings is 1. The van der Waals surface area contributed by atoms with E-state index >= 15 is 0 Å². The Morgan fingerprint density at radius 3 is 2.59 bits per heavy atom. The minimum Gasteiger partial charge on any atom is -0.501 e. The van der Waals surface area contributed by atoms with Crippen molar-refractivity contribution in [1.29, 1.82) is 5.26 Å². The summed E-state index contributed by atoms with van der Waals surface area (Å²) in [6.07, 6.45) is 0.659. The van der Waals surface area contributed by atoms with E-state index in [4.69, 9.17) is 10.00 Å². The molecule has 0 aliphatic heterocycles. The van der Waals surface area contributed by atoms with E-state index in [1.807, 2.05) is 6.92 Å². The first kappa shape index (κ1) is 12.8. The molecule has 0 radical (unpaired) electrons. The molecule has 0 spiro atoms. The molecule has 0 amide bonds. The van der Waals surface area contributed by atoms with Crippen LogP contribution >= 0.6 is 0 Å². The lowest BCUT2D eigenvalue weighted by atomic mass is 10.1. The van der Waals surface area contributed by atoms with E-state index in [0.717, 1.165) is 0 Å². The van der Waals surface area contributed by atoms with E-state index in [2.05, 4.69) is 0 Å². The van der Waals surface area contributed by atoms with Crippen molar-refractivity contribution in [3.63, 3.8) is 0 Å². The van der Waals surface area contributed by atoms with E-state index < -0.39 is 11.7 Å². The lowest BCUT2D eigenvalue weighted by Crippen LogP contribution is -2.10. The number of nitriles is 1. The molecule has 1 aromatic carbocycles. The van der Waals surface area contributed by atoms with E-state index in [1.165, 1.54) is 0 Å². The Morgan fingerprint density at radius 1 is 1.41 bits per heavy atom. The second-order valence-corrected chi connectivity index (χ2v) is 3.34. The van der Waals surface area contributed by atoms with Gasteiger partial charge in [-0.3, -0.25) is 0 Å². The van der Waals surface area contributed by atoms with Crippen molar-refractivity contribution in [2.24, 2.45) is 0 Å². The highest BCUT2D eigenvalue weighted by Crippen LogP contribution is 2.17. The minimum absolute atomic E-state index is 0.0771. The summed E-state index contributed by atoms with van der Waals surface area (Å²) in [5.74, 6) is -1.51. The maximum atomic E-state index is 11.4. The number of carbonyl (C=O) groups is 1. The second-order valence-electron chi connectivity index (χ2n) is 3.34. The van der Waals surface area contributed by atoms with Gasteiger partial charge in [0.05, 0.1) is 6.61 Å². The molecule has 17 heavy (non-hydrogen) atoms. The van der Waals surface area contributed by atoms with E-state index in [9.17, 15) is 9.90 Å². The van der Waals surface area contributed by atoms with Crippen LogP contribution in [0, 0.1) is 11.3 Å². The van der Waals surface area contributed by atoms with Crippen LogP contribution in [0.2, 0.25) is 0 Å². The largest absolute Gasteiger partial charge is 0.501 e. The van der Waals surface area contributed by atoms with Gasteiger partial charge in [0.2, 0.25) is 5.76 Å². The van der Waals surface area contributed by atoms with Crippen molar-refractivity contribution in [3.05, 3.63) is 41.7 Å². The number of aliphatic hydroxyl groups is 1. The molecule has 0 aromatic heterocycles. The first-order valence-corrected chi connectivity index (χ1v) is 5.26. The van der Waals surface area contributed by atoms with Crippen LogP contribution < -0.4 is 0 Å². The standard InChI is InChI=1S/C13H13NO3/c1-2-8-17-13(16)12(15)11(9-14)10-6-4-3-5-7-10/h3-7,15H,2,8H2,1H3. The highest BCUT2D eigenvalue weighted by atomic mass is 16.5. The Kier molecular flexibility index (Phi) is 4.77. The summed E-state index contributed by atoms with van der Waals surface area (Å²) < 4.78 is 4.76. The van der Waals surface area contributed by atoms with Crippen LogP contribution in [-0.4, -0.2) is 17.7 Å². The predicted molar refractivity (Wildman–Crippen MR) is 62.9 cm³/mol. The number of allylic oxidation sites excluding steroid dienone is 1. The quantitative estimate of drug-likeness (QED) is 0.374. The van der Waals surface area contributed by atoms with Gasteiger partial charge in [-0.1, -0.05) is 37.3 Å². The van der Waals surface area contributed by atoms with Crippen molar-refractivity contribution in [2.75, 3.05) is 6.61 Å². The van der Waals surface area contributed by atoms with Crippen molar-refractivity contribution in [2.45, 2.75) is 13.3 Å². The second kappa shape index (κ2) is 6.33. The normalized spacial score (nSPS) is 11.3. The molecule has 0 bridgehead atoms. The molecule has 0 aliphatic rings. The molecule has 1 N–H and O–H groups in total. The summed E-state index contributed by atoms with van der Waals surface area (Å²) in [5, 5.41) is 18.6. The van der Waals surface area contributed by atoms with Gasteiger partial charge in [0, 0.05) is 0 Å². The topological polar surface area (TPSA) is 70.3 Å². The zero-order chi connectivity index (χ0) is 12.7. The molecule has 1 aromatic rings. The average Bonchev–Trinajstić information content (AvgIpc) is 2.38. The van der Waals surface area contributed by atoms with Crippen molar-refractivity contribution in [3.8, 4) is 6.07 Å². The van der Waals surface area contributed by atoms with Crippen LogP contribution in [-0.2, 0) is 9.53 Å². The summed E-state index contributed by atoms with van der Waals surface area (Å²) in [5.41, 5.74) is 0.410. The maximum Gasteiger partial charge on any atom is 0.374 e. The summed E-state index contributed by atoms with van der Waals surface area (Å²) in [6.45, 7) is 2.06. The minimum atomic E-state index is -0.868. The molecular weight excluding hydrogens is 218 g/mol. The number of esters is 1. The van der Waals surface area contributed by atoms with Crippen LogP contribution in [0.5, 0.6) is 0 Å². The molecule has 0 saturated carbocycles. The summed E-state index contributed by atoms with van der Waals surface area (Å²) in [7, 11) is 0. The van der Waals surface area contributed by atoms with Gasteiger partial charge in [0.25, 0.3) is 0 Å². The number of ether oxygens (including phenoxy) is 1. The Morgan fingerprint density at radius 2 is 2.06 bits per heavy atom. The van der Waals surface area contributed by atoms with Crippen LogP contribution in [0.1, 0.15) is 18.9 Å². The highest BCUT2D eigenvalue weighted by Gasteiger charge is 2.16. The molecule has 4 nitrogen and oxygen atoms in total. The third kappa shape index (κ3) is 3.35. The van der Waals surface area contributed by atoms with Gasteiger partial charge in [0.1, 0.15) is 11.6 Å². The number of hydrogen-bond acceptors (Lipinski definition) is 4. The third-order valence-corrected chi connectivity index (χ3v) is 2.04. The lowest BCUT2D eigenvalue weighted by Gasteiger charge is -2.04. The molecule has 88 valence electrons. The number of rotatable bonds is 4. The Hall–Kier alpha value is -2.28. The summed E-state index contributed by atoms with van der Waals surface area (Å²) >= 11 is 0. The molecule has 4 heteroatoms. The fourth-order valence-electron chi connectivity index (χ4n) is 1.22. The zero-order valence-electron chi connectivity index (χ0n) is 9.51. The molecular formula is C13H13NO3. The molecule has 0 heterocycles. The smallest absolute Gasteiger partial charge is 0.374 e. The van der Waals surface area contributed by atoms with Gasteiger partial charge >= 0.3 is 5.97 Å². The molecule has 0 atom stereocenters. The predicted octanol–water partition coefficient (Wildman–Crippen LogP) is 2.43. The SMILES string of the molecule is CCCOC(=O)C(O)=C(C#N)c1ccccc1. The van der Waals surface area contributed by atoms with E-state index in [1.54, 1.807) is 36.4 Å². The fraction of sp³-hybridized carbons (Fsp3) is 0.231. The lowest BCUT2D eigenvalue weighted by molar-refractivity contribution is -0.141. The van der Waals surface area contributed by atoms with Gasteiger partial charge < -0.3 is 9.84 Å². The molecule has 0 fully saturated rings. The van der Waals surface area contributed by atoms with Crippen molar-refractivity contribution >= 4 is 11.5 Å². The van der Waals surface area contributed by atoms with Crippen molar-refractivity contribution in [1.82, 2.24) is 0 Å².